The summed E-state index contributed by atoms with van der Waals surface area (Å²) < 4.78 is 10.6. The van der Waals surface area contributed by atoms with E-state index in [2.05, 4.69) is 38.2 Å². The van der Waals surface area contributed by atoms with E-state index in [0.29, 0.717) is 19.8 Å². The van der Waals surface area contributed by atoms with E-state index >= 15 is 0 Å². The van der Waals surface area contributed by atoms with E-state index in [0.717, 1.165) is 0 Å². The van der Waals surface area contributed by atoms with Crippen molar-refractivity contribution in [1.82, 2.24) is 5.32 Å². The molecule has 0 amide bonds. The minimum Gasteiger partial charge on any atom is -0.382 e. The van der Waals surface area contributed by atoms with Gasteiger partial charge in [-0.2, -0.15) is 0 Å². The first-order chi connectivity index (χ1) is 8.60. The van der Waals surface area contributed by atoms with E-state index in [1.54, 1.807) is 7.11 Å². The van der Waals surface area contributed by atoms with Crippen molar-refractivity contribution in [2.24, 2.45) is 0 Å². The molecule has 0 saturated heterocycles. The van der Waals surface area contributed by atoms with Gasteiger partial charge in [0.2, 0.25) is 0 Å². The summed E-state index contributed by atoms with van der Waals surface area (Å²) in [6.07, 6.45) is 0. The van der Waals surface area contributed by atoms with Crippen LogP contribution in [0, 0.1) is 20.8 Å². The third kappa shape index (κ3) is 4.09. The molecule has 1 aromatic carbocycles. The van der Waals surface area contributed by atoms with E-state index in [-0.39, 0.29) is 6.04 Å². The van der Waals surface area contributed by atoms with Crippen LogP contribution in [-0.4, -0.2) is 34.0 Å². The van der Waals surface area contributed by atoms with E-state index in [4.69, 9.17) is 9.47 Å². The lowest BCUT2D eigenvalue weighted by Crippen LogP contribution is -2.24. The number of methoxy groups -OCH3 is 1. The summed E-state index contributed by atoms with van der Waals surface area (Å²) in [5.74, 6) is 0. The summed E-state index contributed by atoms with van der Waals surface area (Å²) in [6, 6.07) is 4.69. The summed E-state index contributed by atoms with van der Waals surface area (Å²) in [5, 5.41) is 3.33. The van der Waals surface area contributed by atoms with E-state index in [9.17, 15) is 0 Å². The molecule has 0 aliphatic rings. The lowest BCUT2D eigenvalue weighted by molar-refractivity contribution is 0.0595. The molecule has 1 N–H and O–H groups in total. The zero-order chi connectivity index (χ0) is 13.5. The Hall–Kier alpha value is -0.900. The van der Waals surface area contributed by atoms with Gasteiger partial charge in [-0.25, -0.2) is 0 Å². The molecule has 3 heteroatoms. The quantitative estimate of drug-likeness (QED) is 0.755. The highest BCUT2D eigenvalue weighted by atomic mass is 16.5. The third-order valence-electron chi connectivity index (χ3n) is 3.15. The second-order valence-corrected chi connectivity index (χ2v) is 4.72. The highest BCUT2D eigenvalue weighted by Gasteiger charge is 2.14. The molecular formula is C15H25NO2. The van der Waals surface area contributed by atoms with Gasteiger partial charge < -0.3 is 14.8 Å². The molecule has 1 unspecified atom stereocenters. The Bertz CT molecular complexity index is 354. The fraction of sp³-hybridized carbons (Fsp3) is 0.600. The van der Waals surface area contributed by atoms with Crippen molar-refractivity contribution < 1.29 is 9.47 Å². The number of benzene rings is 1. The van der Waals surface area contributed by atoms with E-state index in [1.807, 2.05) is 7.05 Å². The largest absolute Gasteiger partial charge is 0.382 e. The molecule has 18 heavy (non-hydrogen) atoms. The smallest absolute Gasteiger partial charge is 0.0701 e. The fourth-order valence-corrected chi connectivity index (χ4v) is 2.40. The number of hydrogen-bond donors (Lipinski definition) is 1. The monoisotopic (exact) mass is 251 g/mol. The number of rotatable bonds is 7. The van der Waals surface area contributed by atoms with Crippen molar-refractivity contribution in [3.8, 4) is 0 Å². The summed E-state index contributed by atoms with van der Waals surface area (Å²) in [7, 11) is 3.66. The van der Waals surface area contributed by atoms with Crippen molar-refractivity contribution in [1.29, 1.82) is 0 Å². The predicted molar refractivity (Wildman–Crippen MR) is 75.1 cm³/mol. The Labute approximate surface area is 110 Å². The van der Waals surface area contributed by atoms with Crippen molar-refractivity contribution in [2.45, 2.75) is 26.8 Å². The van der Waals surface area contributed by atoms with Crippen LogP contribution in [-0.2, 0) is 9.47 Å². The molecule has 1 aromatic rings. The minimum absolute atomic E-state index is 0.238. The van der Waals surface area contributed by atoms with Crippen LogP contribution < -0.4 is 5.32 Å². The van der Waals surface area contributed by atoms with Crippen LogP contribution in [0.25, 0.3) is 0 Å². The van der Waals surface area contributed by atoms with Crippen LogP contribution in [0.15, 0.2) is 12.1 Å². The van der Waals surface area contributed by atoms with Crippen LogP contribution in [0.3, 0.4) is 0 Å². The van der Waals surface area contributed by atoms with Gasteiger partial charge in [0, 0.05) is 7.11 Å². The molecular weight excluding hydrogens is 226 g/mol. The van der Waals surface area contributed by atoms with Gasteiger partial charge in [0.25, 0.3) is 0 Å². The fourth-order valence-electron chi connectivity index (χ4n) is 2.40. The van der Waals surface area contributed by atoms with Gasteiger partial charge in [-0.05, 0) is 44.5 Å². The molecule has 0 saturated carbocycles. The Morgan fingerprint density at radius 1 is 1.11 bits per heavy atom. The third-order valence-corrected chi connectivity index (χ3v) is 3.15. The summed E-state index contributed by atoms with van der Waals surface area (Å²) in [6.45, 7) is 8.41. The van der Waals surface area contributed by atoms with Crippen molar-refractivity contribution in [3.63, 3.8) is 0 Å². The summed E-state index contributed by atoms with van der Waals surface area (Å²) in [5.41, 5.74) is 5.30. The maximum absolute atomic E-state index is 5.63. The zero-order valence-electron chi connectivity index (χ0n) is 12.2. The number of aryl methyl sites for hydroxylation is 3. The molecule has 102 valence electrons. The molecule has 0 aliphatic carbocycles. The van der Waals surface area contributed by atoms with Gasteiger partial charge in [0.1, 0.15) is 0 Å². The number of ether oxygens (including phenoxy) is 2. The van der Waals surface area contributed by atoms with Crippen molar-refractivity contribution >= 4 is 0 Å². The molecule has 0 heterocycles. The minimum atomic E-state index is 0.238. The molecule has 0 aromatic heterocycles. The average Bonchev–Trinajstić information content (AvgIpc) is 2.31. The molecule has 3 nitrogen and oxygen atoms in total. The standard InChI is InChI=1S/C15H25NO2/c1-11-8-12(2)15(13(3)9-11)14(16-4)10-18-7-6-17-5/h8-9,14,16H,6-7,10H2,1-5H3. The molecule has 0 radical (unpaired) electrons. The van der Waals surface area contributed by atoms with Crippen molar-refractivity contribution in [2.75, 3.05) is 34.0 Å². The first-order valence-corrected chi connectivity index (χ1v) is 6.41. The van der Waals surface area contributed by atoms with Gasteiger partial charge >= 0.3 is 0 Å². The van der Waals surface area contributed by atoms with Crippen LogP contribution in [0.5, 0.6) is 0 Å². The Balaban J connectivity index is 2.75. The molecule has 0 fully saturated rings. The normalized spacial score (nSPS) is 12.7. The first kappa shape index (κ1) is 15.2. The lowest BCUT2D eigenvalue weighted by atomic mass is 9.94. The Kier molecular flexibility index (Phi) is 6.33. The first-order valence-electron chi connectivity index (χ1n) is 6.41. The second-order valence-electron chi connectivity index (χ2n) is 4.72. The van der Waals surface area contributed by atoms with Gasteiger partial charge in [-0.15, -0.1) is 0 Å². The molecule has 0 bridgehead atoms. The highest BCUT2D eigenvalue weighted by Crippen LogP contribution is 2.23. The maximum Gasteiger partial charge on any atom is 0.0701 e. The second kappa shape index (κ2) is 7.52. The van der Waals surface area contributed by atoms with E-state index < -0.39 is 0 Å². The topological polar surface area (TPSA) is 30.5 Å². The molecule has 1 atom stereocenters. The van der Waals surface area contributed by atoms with Crippen molar-refractivity contribution in [3.05, 3.63) is 34.4 Å². The molecule has 0 aliphatic heterocycles. The maximum atomic E-state index is 5.63. The molecule has 1 rings (SSSR count). The zero-order valence-corrected chi connectivity index (χ0v) is 12.2. The van der Waals surface area contributed by atoms with Gasteiger partial charge in [-0.1, -0.05) is 17.7 Å². The van der Waals surface area contributed by atoms with Crippen LogP contribution in [0.1, 0.15) is 28.3 Å². The van der Waals surface area contributed by atoms with Gasteiger partial charge in [0.05, 0.1) is 25.9 Å². The van der Waals surface area contributed by atoms with Crippen LogP contribution in [0.2, 0.25) is 0 Å². The Morgan fingerprint density at radius 2 is 1.72 bits per heavy atom. The predicted octanol–water partition coefficient (Wildman–Crippen LogP) is 2.54. The van der Waals surface area contributed by atoms with Crippen LogP contribution in [0.4, 0.5) is 0 Å². The summed E-state index contributed by atoms with van der Waals surface area (Å²) in [4.78, 5) is 0. The van der Waals surface area contributed by atoms with Gasteiger partial charge in [0.15, 0.2) is 0 Å². The van der Waals surface area contributed by atoms with E-state index in [1.165, 1.54) is 22.3 Å². The number of likely N-dealkylation sites (N-methyl/N-ethyl adjacent to an activating group) is 1. The molecule has 0 spiro atoms. The number of hydrogen-bond acceptors (Lipinski definition) is 3. The lowest BCUT2D eigenvalue weighted by Gasteiger charge is -2.21. The SMILES string of the molecule is CNC(COCCOC)c1c(C)cc(C)cc1C. The number of nitrogens with one attached hydrogen (secondary N) is 1. The average molecular weight is 251 g/mol. The highest BCUT2D eigenvalue weighted by molar-refractivity contribution is 5.39. The van der Waals surface area contributed by atoms with Gasteiger partial charge in [-0.3, -0.25) is 0 Å². The van der Waals surface area contributed by atoms with Crippen LogP contribution >= 0.6 is 0 Å². The Morgan fingerprint density at radius 3 is 2.22 bits per heavy atom. The summed E-state index contributed by atoms with van der Waals surface area (Å²) >= 11 is 0.